The SMILES string of the molecule is CCOc1ccccc1OCCCCCCNCc1ccco1. The van der Waals surface area contributed by atoms with Gasteiger partial charge in [-0.1, -0.05) is 25.0 Å². The van der Waals surface area contributed by atoms with E-state index in [4.69, 9.17) is 13.9 Å². The normalized spacial score (nSPS) is 10.7. The van der Waals surface area contributed by atoms with E-state index in [1.165, 1.54) is 19.3 Å². The summed E-state index contributed by atoms with van der Waals surface area (Å²) >= 11 is 0. The molecule has 0 saturated heterocycles. The van der Waals surface area contributed by atoms with Crippen molar-refractivity contribution < 1.29 is 13.9 Å². The van der Waals surface area contributed by atoms with Gasteiger partial charge in [0.2, 0.25) is 0 Å². The third-order valence-electron chi connectivity index (χ3n) is 3.53. The van der Waals surface area contributed by atoms with Gasteiger partial charge in [-0.15, -0.1) is 0 Å². The Morgan fingerprint density at radius 1 is 0.913 bits per heavy atom. The quantitative estimate of drug-likeness (QED) is 0.589. The lowest BCUT2D eigenvalue weighted by Gasteiger charge is -2.11. The van der Waals surface area contributed by atoms with Crippen LogP contribution in [0.5, 0.6) is 11.5 Å². The molecular formula is C19H27NO3. The highest BCUT2D eigenvalue weighted by atomic mass is 16.5. The van der Waals surface area contributed by atoms with Crippen LogP contribution in [0, 0.1) is 0 Å². The van der Waals surface area contributed by atoms with Crippen LogP contribution in [0.15, 0.2) is 47.1 Å². The second kappa shape index (κ2) is 10.7. The third-order valence-corrected chi connectivity index (χ3v) is 3.53. The third kappa shape index (κ3) is 6.78. The molecule has 0 unspecified atom stereocenters. The zero-order valence-electron chi connectivity index (χ0n) is 13.9. The minimum absolute atomic E-state index is 0.658. The Morgan fingerprint density at radius 2 is 1.70 bits per heavy atom. The summed E-state index contributed by atoms with van der Waals surface area (Å²) < 4.78 is 16.6. The lowest BCUT2D eigenvalue weighted by molar-refractivity contribution is 0.270. The monoisotopic (exact) mass is 317 g/mol. The van der Waals surface area contributed by atoms with E-state index in [1.807, 2.05) is 43.3 Å². The number of rotatable bonds is 12. The summed E-state index contributed by atoms with van der Waals surface area (Å²) in [5.74, 6) is 2.66. The summed E-state index contributed by atoms with van der Waals surface area (Å²) in [7, 11) is 0. The molecule has 1 N–H and O–H groups in total. The first-order valence-corrected chi connectivity index (χ1v) is 8.48. The Morgan fingerprint density at radius 3 is 2.43 bits per heavy atom. The Bertz CT molecular complexity index is 525. The van der Waals surface area contributed by atoms with Crippen LogP contribution in [0.25, 0.3) is 0 Å². The molecule has 0 saturated carbocycles. The minimum atomic E-state index is 0.658. The van der Waals surface area contributed by atoms with Crippen LogP contribution in [-0.2, 0) is 6.54 Å². The van der Waals surface area contributed by atoms with Crippen molar-refractivity contribution in [3.05, 3.63) is 48.4 Å². The van der Waals surface area contributed by atoms with Crippen LogP contribution in [0.2, 0.25) is 0 Å². The molecule has 23 heavy (non-hydrogen) atoms. The van der Waals surface area contributed by atoms with Crippen LogP contribution < -0.4 is 14.8 Å². The van der Waals surface area contributed by atoms with Gasteiger partial charge in [-0.3, -0.25) is 0 Å². The smallest absolute Gasteiger partial charge is 0.161 e. The lowest BCUT2D eigenvalue weighted by atomic mass is 10.2. The predicted molar refractivity (Wildman–Crippen MR) is 92.0 cm³/mol. The van der Waals surface area contributed by atoms with E-state index in [-0.39, 0.29) is 0 Å². The van der Waals surface area contributed by atoms with Gasteiger partial charge in [0.1, 0.15) is 5.76 Å². The van der Waals surface area contributed by atoms with Crippen molar-refractivity contribution in [3.8, 4) is 11.5 Å². The predicted octanol–water partition coefficient (Wildman–Crippen LogP) is 4.41. The van der Waals surface area contributed by atoms with Gasteiger partial charge >= 0.3 is 0 Å². The average molecular weight is 317 g/mol. The number of benzene rings is 1. The van der Waals surface area contributed by atoms with Crippen molar-refractivity contribution >= 4 is 0 Å². The molecule has 2 aromatic rings. The summed E-state index contributed by atoms with van der Waals surface area (Å²) in [6.45, 7) is 5.21. The number of ether oxygens (including phenoxy) is 2. The van der Waals surface area contributed by atoms with Crippen LogP contribution >= 0.6 is 0 Å². The summed E-state index contributed by atoms with van der Waals surface area (Å²) in [4.78, 5) is 0. The van der Waals surface area contributed by atoms with E-state index in [0.717, 1.165) is 43.4 Å². The Hall–Kier alpha value is -1.94. The summed E-state index contributed by atoms with van der Waals surface area (Å²) in [5.41, 5.74) is 0. The molecule has 0 radical (unpaired) electrons. The van der Waals surface area contributed by atoms with Crippen LogP contribution in [0.4, 0.5) is 0 Å². The molecule has 1 aromatic heterocycles. The molecule has 0 aliphatic rings. The molecular weight excluding hydrogens is 290 g/mol. The van der Waals surface area contributed by atoms with Gasteiger partial charge in [0.05, 0.1) is 26.0 Å². The number of furan rings is 1. The lowest BCUT2D eigenvalue weighted by Crippen LogP contribution is -2.14. The second-order valence-electron chi connectivity index (χ2n) is 5.40. The van der Waals surface area contributed by atoms with Crippen molar-refractivity contribution in [2.75, 3.05) is 19.8 Å². The maximum absolute atomic E-state index is 5.81. The first-order valence-electron chi connectivity index (χ1n) is 8.48. The zero-order valence-corrected chi connectivity index (χ0v) is 13.9. The molecule has 4 nitrogen and oxygen atoms in total. The summed E-state index contributed by atoms with van der Waals surface area (Å²) in [5, 5.41) is 3.38. The Balaban J connectivity index is 1.48. The van der Waals surface area contributed by atoms with Gasteiger partial charge in [-0.05, 0) is 50.6 Å². The Kier molecular flexibility index (Phi) is 8.12. The Labute approximate surface area is 138 Å². The van der Waals surface area contributed by atoms with Crippen molar-refractivity contribution in [2.45, 2.75) is 39.2 Å². The van der Waals surface area contributed by atoms with Crippen molar-refractivity contribution in [2.24, 2.45) is 0 Å². The number of hydrogen-bond acceptors (Lipinski definition) is 4. The van der Waals surface area contributed by atoms with E-state index in [1.54, 1.807) is 6.26 Å². The van der Waals surface area contributed by atoms with Crippen LogP contribution in [0.1, 0.15) is 38.4 Å². The summed E-state index contributed by atoms with van der Waals surface area (Å²) in [6, 6.07) is 11.8. The maximum Gasteiger partial charge on any atom is 0.161 e. The van der Waals surface area contributed by atoms with Gasteiger partial charge in [0.15, 0.2) is 11.5 Å². The minimum Gasteiger partial charge on any atom is -0.490 e. The molecule has 126 valence electrons. The highest BCUT2D eigenvalue weighted by Gasteiger charge is 2.02. The van der Waals surface area contributed by atoms with Gasteiger partial charge < -0.3 is 19.2 Å². The number of nitrogens with one attached hydrogen (secondary N) is 1. The van der Waals surface area contributed by atoms with Crippen molar-refractivity contribution in [3.63, 3.8) is 0 Å². The zero-order chi connectivity index (χ0) is 16.2. The highest BCUT2D eigenvalue weighted by Crippen LogP contribution is 2.26. The van der Waals surface area contributed by atoms with Gasteiger partial charge in [-0.25, -0.2) is 0 Å². The first kappa shape index (κ1) is 17.4. The number of unbranched alkanes of at least 4 members (excludes halogenated alkanes) is 3. The molecule has 0 spiro atoms. The van der Waals surface area contributed by atoms with Crippen molar-refractivity contribution in [1.82, 2.24) is 5.32 Å². The second-order valence-corrected chi connectivity index (χ2v) is 5.40. The maximum atomic E-state index is 5.81. The molecule has 4 heteroatoms. The molecule has 0 amide bonds. The fourth-order valence-corrected chi connectivity index (χ4v) is 2.36. The van der Waals surface area contributed by atoms with Gasteiger partial charge in [0, 0.05) is 0 Å². The van der Waals surface area contributed by atoms with Gasteiger partial charge in [0.25, 0.3) is 0 Å². The number of para-hydroxylation sites is 2. The highest BCUT2D eigenvalue weighted by molar-refractivity contribution is 5.39. The number of hydrogen-bond donors (Lipinski definition) is 1. The molecule has 1 aromatic carbocycles. The molecule has 0 aliphatic heterocycles. The molecule has 0 aliphatic carbocycles. The standard InChI is InChI=1S/C19H27NO3/c1-2-21-18-11-5-6-12-19(18)23-14-8-4-3-7-13-20-16-17-10-9-15-22-17/h5-6,9-12,15,20H,2-4,7-8,13-14,16H2,1H3. The molecule has 0 atom stereocenters. The fraction of sp³-hybridized carbons (Fsp3) is 0.474. The summed E-state index contributed by atoms with van der Waals surface area (Å²) in [6.07, 6.45) is 6.34. The molecule has 0 fully saturated rings. The fourth-order valence-electron chi connectivity index (χ4n) is 2.36. The topological polar surface area (TPSA) is 43.6 Å². The van der Waals surface area contributed by atoms with Crippen molar-refractivity contribution in [1.29, 1.82) is 0 Å². The van der Waals surface area contributed by atoms with Gasteiger partial charge in [-0.2, -0.15) is 0 Å². The van der Waals surface area contributed by atoms with E-state index in [2.05, 4.69) is 5.32 Å². The first-order chi connectivity index (χ1) is 11.4. The van der Waals surface area contributed by atoms with E-state index < -0.39 is 0 Å². The van der Waals surface area contributed by atoms with Crippen LogP contribution in [-0.4, -0.2) is 19.8 Å². The van der Waals surface area contributed by atoms with Crippen LogP contribution in [0.3, 0.4) is 0 Å². The largest absolute Gasteiger partial charge is 0.490 e. The van der Waals surface area contributed by atoms with E-state index >= 15 is 0 Å². The average Bonchev–Trinajstić information content (AvgIpc) is 3.08. The molecule has 0 bridgehead atoms. The molecule has 1 heterocycles. The van der Waals surface area contributed by atoms with E-state index in [0.29, 0.717) is 6.61 Å². The van der Waals surface area contributed by atoms with E-state index in [9.17, 15) is 0 Å². The molecule has 2 rings (SSSR count).